The number of hydrogen-bond acceptors (Lipinski definition) is 2. The van der Waals surface area contributed by atoms with E-state index < -0.39 is 0 Å². The quantitative estimate of drug-likeness (QED) is 0.197. The highest BCUT2D eigenvalue weighted by Crippen LogP contribution is 2.51. The van der Waals surface area contributed by atoms with Crippen LogP contribution in [0.4, 0.5) is 0 Å². The highest BCUT2D eigenvalue weighted by molar-refractivity contribution is 6.06. The zero-order chi connectivity index (χ0) is 31.6. The predicted octanol–water partition coefficient (Wildman–Crippen LogP) is 12.7. The molecule has 10 rings (SSSR count). The summed E-state index contributed by atoms with van der Waals surface area (Å²) in [7, 11) is 0. The van der Waals surface area contributed by atoms with Gasteiger partial charge < -0.3 is 8.83 Å². The van der Waals surface area contributed by atoms with Gasteiger partial charge in [-0.3, -0.25) is 0 Å². The normalized spacial score (nSPS) is 16.7. The van der Waals surface area contributed by atoms with Crippen LogP contribution in [-0.4, -0.2) is 0 Å². The molecule has 226 valence electrons. The minimum absolute atomic E-state index is 0.180. The van der Waals surface area contributed by atoms with Gasteiger partial charge in [0.05, 0.1) is 0 Å². The maximum absolute atomic E-state index is 6.71. The van der Waals surface area contributed by atoms with Crippen LogP contribution in [0.15, 0.2) is 173 Å². The lowest BCUT2D eigenvalue weighted by Crippen LogP contribution is -2.17. The molecular weight excluding hydrogens is 585 g/mol. The molecule has 2 heteroatoms. The Morgan fingerprint density at radius 3 is 1.92 bits per heavy atom. The molecule has 2 heterocycles. The van der Waals surface area contributed by atoms with E-state index in [9.17, 15) is 0 Å². The molecule has 2 aliphatic carbocycles. The summed E-state index contributed by atoms with van der Waals surface area (Å²) < 4.78 is 13.0. The molecule has 0 aliphatic heterocycles. The first-order valence-electron chi connectivity index (χ1n) is 16.6. The largest absolute Gasteiger partial charge is 0.456 e. The Kier molecular flexibility index (Phi) is 6.04. The van der Waals surface area contributed by atoms with Gasteiger partial charge >= 0.3 is 0 Å². The summed E-state index contributed by atoms with van der Waals surface area (Å²) in [6.45, 7) is 0. The molecule has 0 saturated heterocycles. The Morgan fingerprint density at radius 1 is 0.417 bits per heavy atom. The van der Waals surface area contributed by atoms with Gasteiger partial charge in [0.15, 0.2) is 0 Å². The molecule has 8 aromatic rings. The highest BCUT2D eigenvalue weighted by Gasteiger charge is 2.35. The van der Waals surface area contributed by atoms with E-state index in [2.05, 4.69) is 158 Å². The van der Waals surface area contributed by atoms with E-state index in [1.165, 1.54) is 38.8 Å². The SMILES string of the molecule is C1=CC2C(c3ccccc3)=Cc3oc4cccc(-c5cc(-c6ccccc6)cc(-c6ccc7c(c6)oc6ccccc67)c5)c4c3C2C=C1. The fourth-order valence-electron chi connectivity index (χ4n) is 7.85. The number of rotatable bonds is 4. The molecular formula is C46H30O2. The lowest BCUT2D eigenvalue weighted by molar-refractivity contribution is 0.581. The van der Waals surface area contributed by atoms with E-state index in [0.717, 1.165) is 50.0 Å². The maximum Gasteiger partial charge on any atom is 0.136 e. The topological polar surface area (TPSA) is 26.3 Å². The molecule has 2 unspecified atom stereocenters. The van der Waals surface area contributed by atoms with Crippen LogP contribution in [0, 0.1) is 5.92 Å². The molecule has 48 heavy (non-hydrogen) atoms. The van der Waals surface area contributed by atoms with Crippen molar-refractivity contribution in [2.24, 2.45) is 5.92 Å². The van der Waals surface area contributed by atoms with Gasteiger partial charge in [0.2, 0.25) is 0 Å². The first-order valence-corrected chi connectivity index (χ1v) is 16.6. The van der Waals surface area contributed by atoms with Crippen molar-refractivity contribution in [1.29, 1.82) is 0 Å². The van der Waals surface area contributed by atoms with E-state index >= 15 is 0 Å². The van der Waals surface area contributed by atoms with Crippen molar-refractivity contribution >= 4 is 44.6 Å². The van der Waals surface area contributed by atoms with E-state index in [-0.39, 0.29) is 11.8 Å². The fourth-order valence-corrected chi connectivity index (χ4v) is 7.85. The Morgan fingerprint density at radius 2 is 1.08 bits per heavy atom. The number of fused-ring (bicyclic) bond motifs is 8. The van der Waals surface area contributed by atoms with Gasteiger partial charge in [-0.25, -0.2) is 0 Å². The second-order valence-electron chi connectivity index (χ2n) is 12.8. The van der Waals surface area contributed by atoms with Crippen LogP contribution < -0.4 is 0 Å². The minimum Gasteiger partial charge on any atom is -0.456 e. The van der Waals surface area contributed by atoms with Crippen LogP contribution in [0.2, 0.25) is 0 Å². The molecule has 0 N–H and O–H groups in total. The van der Waals surface area contributed by atoms with E-state index in [1.807, 2.05) is 12.1 Å². The molecule has 2 nitrogen and oxygen atoms in total. The zero-order valence-corrected chi connectivity index (χ0v) is 26.1. The van der Waals surface area contributed by atoms with E-state index in [4.69, 9.17) is 8.83 Å². The first kappa shape index (κ1) is 27.0. The first-order chi connectivity index (χ1) is 23.8. The van der Waals surface area contributed by atoms with Gasteiger partial charge in [-0.15, -0.1) is 0 Å². The van der Waals surface area contributed by atoms with Crippen molar-refractivity contribution in [3.05, 3.63) is 181 Å². The van der Waals surface area contributed by atoms with Crippen LogP contribution in [0.5, 0.6) is 0 Å². The van der Waals surface area contributed by atoms with Crippen LogP contribution in [0.25, 0.3) is 77.9 Å². The standard InChI is InChI=1S/C46H30O2/c1-3-12-29(13-4-1)32-24-33(31-22-23-38-37-17-9-10-20-41(37)47-43(38)27-31)26-34(25-32)35-19-11-21-42-45(35)46-39-18-8-7-16-36(39)40(28-44(46)48-42)30-14-5-2-6-15-30/h1-28,36,39H. The average molecular weight is 615 g/mol. The number of furan rings is 2. The van der Waals surface area contributed by atoms with Gasteiger partial charge in [-0.05, 0) is 93.1 Å². The van der Waals surface area contributed by atoms with Crippen molar-refractivity contribution in [2.75, 3.05) is 0 Å². The second kappa shape index (κ2) is 10.7. The number of para-hydroxylation sites is 1. The third-order valence-electron chi connectivity index (χ3n) is 10.1. The minimum atomic E-state index is 0.180. The summed E-state index contributed by atoms with van der Waals surface area (Å²) in [6.07, 6.45) is 11.3. The monoisotopic (exact) mass is 614 g/mol. The smallest absolute Gasteiger partial charge is 0.136 e. The lowest BCUT2D eigenvalue weighted by Gasteiger charge is -2.31. The number of allylic oxidation sites excluding steroid dienone is 5. The Hall–Kier alpha value is -6.12. The number of benzene rings is 6. The highest BCUT2D eigenvalue weighted by atomic mass is 16.3. The maximum atomic E-state index is 6.71. The molecule has 2 aliphatic rings. The van der Waals surface area contributed by atoms with Gasteiger partial charge in [0.25, 0.3) is 0 Å². The van der Waals surface area contributed by atoms with Gasteiger partial charge in [0, 0.05) is 33.6 Å². The fraction of sp³-hybridized carbons (Fsp3) is 0.0435. The molecule has 2 aromatic heterocycles. The summed E-state index contributed by atoms with van der Waals surface area (Å²) in [5.74, 6) is 1.37. The van der Waals surface area contributed by atoms with Crippen molar-refractivity contribution in [3.63, 3.8) is 0 Å². The lowest BCUT2D eigenvalue weighted by atomic mass is 9.72. The Bertz CT molecular complexity index is 2610. The molecule has 0 amide bonds. The van der Waals surface area contributed by atoms with Crippen molar-refractivity contribution < 1.29 is 8.83 Å². The van der Waals surface area contributed by atoms with Crippen molar-refractivity contribution in [1.82, 2.24) is 0 Å². The zero-order valence-electron chi connectivity index (χ0n) is 26.1. The van der Waals surface area contributed by atoms with Crippen LogP contribution in [0.1, 0.15) is 22.8 Å². The van der Waals surface area contributed by atoms with Gasteiger partial charge in [-0.2, -0.15) is 0 Å². The molecule has 6 aromatic carbocycles. The molecule has 2 atom stereocenters. The molecule has 0 radical (unpaired) electrons. The average Bonchev–Trinajstić information content (AvgIpc) is 3.73. The third kappa shape index (κ3) is 4.27. The van der Waals surface area contributed by atoms with Crippen LogP contribution in [0.3, 0.4) is 0 Å². The molecule has 0 spiro atoms. The Balaban J connectivity index is 1.20. The molecule has 0 bridgehead atoms. The van der Waals surface area contributed by atoms with Crippen molar-refractivity contribution in [3.8, 4) is 33.4 Å². The second-order valence-corrected chi connectivity index (χ2v) is 12.8. The van der Waals surface area contributed by atoms with Crippen molar-refractivity contribution in [2.45, 2.75) is 5.92 Å². The molecule has 0 saturated carbocycles. The number of hydrogen-bond donors (Lipinski definition) is 0. The van der Waals surface area contributed by atoms with Crippen LogP contribution in [-0.2, 0) is 0 Å². The molecule has 0 fully saturated rings. The summed E-state index contributed by atoms with van der Waals surface area (Å²) in [5, 5.41) is 3.47. The summed E-state index contributed by atoms with van der Waals surface area (Å²) in [5.41, 5.74) is 13.5. The van der Waals surface area contributed by atoms with Gasteiger partial charge in [-0.1, -0.05) is 121 Å². The van der Waals surface area contributed by atoms with E-state index in [0.29, 0.717) is 0 Å². The summed E-state index contributed by atoms with van der Waals surface area (Å²) >= 11 is 0. The van der Waals surface area contributed by atoms with Crippen LogP contribution >= 0.6 is 0 Å². The summed E-state index contributed by atoms with van der Waals surface area (Å²) in [6, 6.07) is 49.7. The predicted molar refractivity (Wildman–Crippen MR) is 199 cm³/mol. The third-order valence-corrected chi connectivity index (χ3v) is 10.1. The van der Waals surface area contributed by atoms with E-state index in [1.54, 1.807) is 0 Å². The van der Waals surface area contributed by atoms with Gasteiger partial charge in [0.1, 0.15) is 22.5 Å². The Labute approximate surface area is 278 Å². The summed E-state index contributed by atoms with van der Waals surface area (Å²) in [4.78, 5) is 0.